The van der Waals surface area contributed by atoms with Gasteiger partial charge in [-0.25, -0.2) is 0 Å². The molecule has 1 N–H and O–H groups in total. The van der Waals surface area contributed by atoms with Crippen molar-refractivity contribution >= 4 is 0 Å². The molecule has 1 aromatic carbocycles. The summed E-state index contributed by atoms with van der Waals surface area (Å²) in [4.78, 5) is 4.49. The molecular formula is C17H22N2. The van der Waals surface area contributed by atoms with Crippen molar-refractivity contribution in [1.82, 2.24) is 10.3 Å². The van der Waals surface area contributed by atoms with E-state index in [2.05, 4.69) is 54.5 Å². The predicted molar refractivity (Wildman–Crippen MR) is 80.2 cm³/mol. The van der Waals surface area contributed by atoms with Crippen LogP contribution in [0.3, 0.4) is 0 Å². The zero-order chi connectivity index (χ0) is 13.5. The minimum Gasteiger partial charge on any atom is -0.305 e. The van der Waals surface area contributed by atoms with E-state index in [9.17, 15) is 0 Å². The van der Waals surface area contributed by atoms with Crippen molar-refractivity contribution in [3.05, 3.63) is 65.5 Å². The molecule has 1 aromatic heterocycles. The Balaban J connectivity index is 2.31. The molecule has 2 aromatic rings. The highest BCUT2D eigenvalue weighted by Crippen LogP contribution is 2.21. The van der Waals surface area contributed by atoms with Gasteiger partial charge in [-0.05, 0) is 36.2 Å². The van der Waals surface area contributed by atoms with Crippen molar-refractivity contribution in [2.45, 2.75) is 32.7 Å². The number of rotatable bonds is 6. The predicted octanol–water partition coefficient (Wildman–Crippen LogP) is 3.73. The first-order valence-corrected chi connectivity index (χ1v) is 7.08. The van der Waals surface area contributed by atoms with E-state index in [-0.39, 0.29) is 6.04 Å². The Hall–Kier alpha value is -1.67. The van der Waals surface area contributed by atoms with E-state index < -0.39 is 0 Å². The summed E-state index contributed by atoms with van der Waals surface area (Å²) in [5, 5.41) is 3.52. The lowest BCUT2D eigenvalue weighted by molar-refractivity contribution is 0.615. The molecule has 0 bridgehead atoms. The number of nitrogens with zero attached hydrogens (tertiary/aromatic N) is 1. The molecule has 0 aliphatic rings. The summed E-state index contributed by atoms with van der Waals surface area (Å²) in [7, 11) is 0. The first-order chi connectivity index (χ1) is 9.35. The van der Waals surface area contributed by atoms with Gasteiger partial charge >= 0.3 is 0 Å². The average Bonchev–Trinajstić information content (AvgIpc) is 2.46. The van der Waals surface area contributed by atoms with Crippen molar-refractivity contribution in [3.8, 4) is 0 Å². The molecule has 0 aliphatic heterocycles. The molecule has 0 saturated heterocycles. The first-order valence-electron chi connectivity index (χ1n) is 7.08. The van der Waals surface area contributed by atoms with E-state index in [4.69, 9.17) is 0 Å². The summed E-state index contributed by atoms with van der Waals surface area (Å²) in [5.41, 5.74) is 3.78. The third-order valence-electron chi connectivity index (χ3n) is 3.21. The number of nitrogens with one attached hydrogen (secondary N) is 1. The zero-order valence-electron chi connectivity index (χ0n) is 11.8. The lowest BCUT2D eigenvalue weighted by atomic mass is 9.99. The van der Waals surface area contributed by atoms with Gasteiger partial charge in [0.05, 0.1) is 11.7 Å². The van der Waals surface area contributed by atoms with Crippen LogP contribution in [0.5, 0.6) is 0 Å². The third-order valence-corrected chi connectivity index (χ3v) is 3.21. The molecule has 0 aliphatic carbocycles. The third kappa shape index (κ3) is 3.65. The minimum absolute atomic E-state index is 0.183. The number of aryl methyl sites for hydroxylation is 1. The SMILES string of the molecule is CCCc1cccc(C(NCC)c2ccccn2)c1. The van der Waals surface area contributed by atoms with Crippen LogP contribution in [0.15, 0.2) is 48.7 Å². The Kier molecular flexibility index (Phi) is 5.10. The molecule has 100 valence electrons. The van der Waals surface area contributed by atoms with Gasteiger partial charge in [-0.3, -0.25) is 4.98 Å². The monoisotopic (exact) mass is 254 g/mol. The molecular weight excluding hydrogens is 232 g/mol. The van der Waals surface area contributed by atoms with Gasteiger partial charge in [0.15, 0.2) is 0 Å². The highest BCUT2D eigenvalue weighted by atomic mass is 14.9. The van der Waals surface area contributed by atoms with Gasteiger partial charge in [-0.2, -0.15) is 0 Å². The van der Waals surface area contributed by atoms with Gasteiger partial charge < -0.3 is 5.32 Å². The molecule has 0 amide bonds. The summed E-state index contributed by atoms with van der Waals surface area (Å²) in [6.07, 6.45) is 4.17. The van der Waals surface area contributed by atoms with Gasteiger partial charge in [0, 0.05) is 6.20 Å². The van der Waals surface area contributed by atoms with Crippen molar-refractivity contribution < 1.29 is 0 Å². The summed E-state index contributed by atoms with van der Waals surface area (Å²) in [6, 6.07) is 15.1. The van der Waals surface area contributed by atoms with E-state index >= 15 is 0 Å². The lowest BCUT2D eigenvalue weighted by Gasteiger charge is -2.18. The largest absolute Gasteiger partial charge is 0.305 e. The topological polar surface area (TPSA) is 24.9 Å². The highest BCUT2D eigenvalue weighted by molar-refractivity contribution is 5.31. The number of benzene rings is 1. The molecule has 0 spiro atoms. The second kappa shape index (κ2) is 7.05. The smallest absolute Gasteiger partial charge is 0.0751 e. The highest BCUT2D eigenvalue weighted by Gasteiger charge is 2.13. The zero-order valence-corrected chi connectivity index (χ0v) is 11.8. The average molecular weight is 254 g/mol. The van der Waals surface area contributed by atoms with Gasteiger partial charge in [-0.1, -0.05) is 50.6 Å². The maximum absolute atomic E-state index is 4.49. The van der Waals surface area contributed by atoms with E-state index in [1.165, 1.54) is 17.5 Å². The van der Waals surface area contributed by atoms with Crippen LogP contribution < -0.4 is 5.32 Å². The number of hydrogen-bond acceptors (Lipinski definition) is 2. The van der Waals surface area contributed by atoms with Crippen molar-refractivity contribution in [1.29, 1.82) is 0 Å². The van der Waals surface area contributed by atoms with Crippen LogP contribution in [0.1, 0.15) is 43.1 Å². The van der Waals surface area contributed by atoms with E-state index in [1.54, 1.807) is 0 Å². The van der Waals surface area contributed by atoms with Gasteiger partial charge in [0.2, 0.25) is 0 Å². The van der Waals surface area contributed by atoms with Crippen LogP contribution in [0.2, 0.25) is 0 Å². The molecule has 0 radical (unpaired) electrons. The standard InChI is InChI=1S/C17H22N2/c1-3-8-14-9-7-10-15(13-14)17(18-4-2)16-11-5-6-12-19-16/h5-7,9-13,17-18H,3-4,8H2,1-2H3. The van der Waals surface area contributed by atoms with Crippen LogP contribution in [0.4, 0.5) is 0 Å². The van der Waals surface area contributed by atoms with Gasteiger partial charge in [-0.15, -0.1) is 0 Å². The van der Waals surface area contributed by atoms with Crippen LogP contribution in [-0.2, 0) is 6.42 Å². The van der Waals surface area contributed by atoms with Crippen molar-refractivity contribution in [2.24, 2.45) is 0 Å². The quantitative estimate of drug-likeness (QED) is 0.849. The normalized spacial score (nSPS) is 12.3. The molecule has 1 atom stereocenters. The molecule has 2 rings (SSSR count). The Morgan fingerprint density at radius 1 is 1.11 bits per heavy atom. The lowest BCUT2D eigenvalue weighted by Crippen LogP contribution is -2.23. The van der Waals surface area contributed by atoms with Gasteiger partial charge in [0.25, 0.3) is 0 Å². The maximum atomic E-state index is 4.49. The molecule has 2 heteroatoms. The Morgan fingerprint density at radius 3 is 2.68 bits per heavy atom. The van der Waals surface area contributed by atoms with Crippen molar-refractivity contribution in [2.75, 3.05) is 6.54 Å². The minimum atomic E-state index is 0.183. The molecule has 0 saturated carbocycles. The van der Waals surface area contributed by atoms with E-state index in [0.717, 1.165) is 18.7 Å². The fraction of sp³-hybridized carbons (Fsp3) is 0.353. The summed E-state index contributed by atoms with van der Waals surface area (Å²) >= 11 is 0. The summed E-state index contributed by atoms with van der Waals surface area (Å²) < 4.78 is 0. The summed E-state index contributed by atoms with van der Waals surface area (Å²) in [6.45, 7) is 5.28. The number of hydrogen-bond donors (Lipinski definition) is 1. The fourth-order valence-corrected chi connectivity index (χ4v) is 2.36. The summed E-state index contributed by atoms with van der Waals surface area (Å²) in [5.74, 6) is 0. The van der Waals surface area contributed by atoms with Crippen LogP contribution in [0, 0.1) is 0 Å². The second-order valence-corrected chi connectivity index (χ2v) is 4.74. The molecule has 1 unspecified atom stereocenters. The first kappa shape index (κ1) is 13.8. The second-order valence-electron chi connectivity index (χ2n) is 4.74. The molecule has 0 fully saturated rings. The maximum Gasteiger partial charge on any atom is 0.0751 e. The van der Waals surface area contributed by atoms with Crippen molar-refractivity contribution in [3.63, 3.8) is 0 Å². The van der Waals surface area contributed by atoms with E-state index in [0.29, 0.717) is 0 Å². The van der Waals surface area contributed by atoms with Crippen LogP contribution >= 0.6 is 0 Å². The van der Waals surface area contributed by atoms with E-state index in [1.807, 2.05) is 18.3 Å². The Bertz CT molecular complexity index is 494. The molecule has 2 nitrogen and oxygen atoms in total. The van der Waals surface area contributed by atoms with Crippen LogP contribution in [-0.4, -0.2) is 11.5 Å². The number of aromatic nitrogens is 1. The number of pyridine rings is 1. The fourth-order valence-electron chi connectivity index (χ4n) is 2.36. The Morgan fingerprint density at radius 2 is 2.00 bits per heavy atom. The molecule has 1 heterocycles. The Labute approximate surface area is 115 Å². The van der Waals surface area contributed by atoms with Crippen LogP contribution in [0.25, 0.3) is 0 Å². The molecule has 19 heavy (non-hydrogen) atoms. The van der Waals surface area contributed by atoms with Gasteiger partial charge in [0.1, 0.15) is 0 Å².